The molecule has 0 amide bonds. The van der Waals surface area contributed by atoms with Crippen molar-refractivity contribution in [2.24, 2.45) is 0 Å². The third-order valence-electron chi connectivity index (χ3n) is 2.32. The van der Waals surface area contributed by atoms with E-state index in [0.717, 1.165) is 5.56 Å². The number of aromatic amines is 1. The van der Waals surface area contributed by atoms with Gasteiger partial charge in [0.2, 0.25) is 0 Å². The Bertz CT molecular complexity index is 580. The van der Waals surface area contributed by atoms with Gasteiger partial charge >= 0.3 is 5.97 Å². The van der Waals surface area contributed by atoms with E-state index in [1.807, 2.05) is 19.1 Å². The van der Waals surface area contributed by atoms with Crippen LogP contribution in [0.5, 0.6) is 5.75 Å². The van der Waals surface area contributed by atoms with Crippen LogP contribution in [0.2, 0.25) is 5.02 Å². The fourth-order valence-corrected chi connectivity index (χ4v) is 1.59. The van der Waals surface area contributed by atoms with Crippen LogP contribution in [0.1, 0.15) is 21.7 Å². The number of aromatic carboxylic acids is 1. The third-order valence-corrected chi connectivity index (χ3v) is 2.63. The smallest absolute Gasteiger partial charge is 0.356 e. The van der Waals surface area contributed by atoms with Crippen LogP contribution >= 0.6 is 11.6 Å². The lowest BCUT2D eigenvalue weighted by atomic mass is 10.2. The van der Waals surface area contributed by atoms with Crippen LogP contribution in [-0.4, -0.2) is 21.3 Å². The first kappa shape index (κ1) is 12.4. The minimum Gasteiger partial charge on any atom is -0.486 e. The predicted molar refractivity (Wildman–Crippen MR) is 66.1 cm³/mol. The van der Waals surface area contributed by atoms with Gasteiger partial charge in [0.25, 0.3) is 0 Å². The van der Waals surface area contributed by atoms with Crippen molar-refractivity contribution >= 4 is 17.6 Å². The first-order chi connectivity index (χ1) is 8.56. The minimum absolute atomic E-state index is 0.0380. The number of carbonyl (C=O) groups is 1. The van der Waals surface area contributed by atoms with Crippen molar-refractivity contribution < 1.29 is 14.6 Å². The normalized spacial score (nSPS) is 10.3. The summed E-state index contributed by atoms with van der Waals surface area (Å²) in [5, 5.41) is 15.5. The van der Waals surface area contributed by atoms with Crippen LogP contribution in [0.15, 0.2) is 24.3 Å². The van der Waals surface area contributed by atoms with Gasteiger partial charge in [0.05, 0.1) is 10.7 Å². The summed E-state index contributed by atoms with van der Waals surface area (Å²) >= 11 is 5.97. The van der Waals surface area contributed by atoms with Crippen molar-refractivity contribution in [1.29, 1.82) is 0 Å². The average Bonchev–Trinajstić information content (AvgIpc) is 2.79. The quantitative estimate of drug-likeness (QED) is 0.892. The molecule has 6 heteroatoms. The molecule has 2 rings (SSSR count). The lowest BCUT2D eigenvalue weighted by Crippen LogP contribution is -1.97. The van der Waals surface area contributed by atoms with Gasteiger partial charge in [0, 0.05) is 0 Å². The van der Waals surface area contributed by atoms with Crippen molar-refractivity contribution in [3.63, 3.8) is 0 Å². The van der Waals surface area contributed by atoms with E-state index in [4.69, 9.17) is 21.4 Å². The fourth-order valence-electron chi connectivity index (χ4n) is 1.42. The molecule has 18 heavy (non-hydrogen) atoms. The number of benzene rings is 1. The molecule has 0 radical (unpaired) electrons. The number of nitrogens with zero attached hydrogens (tertiary/aromatic N) is 1. The second-order valence-corrected chi connectivity index (χ2v) is 4.21. The van der Waals surface area contributed by atoms with E-state index < -0.39 is 5.97 Å². The van der Waals surface area contributed by atoms with E-state index in [0.29, 0.717) is 16.5 Å². The molecule has 0 saturated heterocycles. The Morgan fingerprint density at radius 2 is 2.28 bits per heavy atom. The summed E-state index contributed by atoms with van der Waals surface area (Å²) in [4.78, 5) is 10.6. The zero-order valence-electron chi connectivity index (χ0n) is 9.61. The van der Waals surface area contributed by atoms with Crippen molar-refractivity contribution in [2.45, 2.75) is 13.5 Å². The summed E-state index contributed by atoms with van der Waals surface area (Å²) in [6, 6.07) is 6.87. The number of aryl methyl sites for hydroxylation is 1. The number of halogens is 1. The number of aromatic nitrogens is 2. The second kappa shape index (κ2) is 5.10. The van der Waals surface area contributed by atoms with Crippen molar-refractivity contribution in [2.75, 3.05) is 0 Å². The summed E-state index contributed by atoms with van der Waals surface area (Å²) in [6.45, 7) is 2.12. The van der Waals surface area contributed by atoms with E-state index in [-0.39, 0.29) is 12.3 Å². The molecular formula is C12H11ClN2O3. The maximum Gasteiger partial charge on any atom is 0.356 e. The highest BCUT2D eigenvalue weighted by Gasteiger charge is 2.09. The van der Waals surface area contributed by atoms with Gasteiger partial charge in [0.1, 0.15) is 12.4 Å². The Morgan fingerprint density at radius 1 is 1.50 bits per heavy atom. The molecule has 1 heterocycles. The minimum atomic E-state index is -1.08. The van der Waals surface area contributed by atoms with Gasteiger partial charge in [-0.3, -0.25) is 5.10 Å². The molecule has 0 atom stereocenters. The summed E-state index contributed by atoms with van der Waals surface area (Å²) in [5.74, 6) is -0.519. The van der Waals surface area contributed by atoms with E-state index in [1.165, 1.54) is 6.07 Å². The van der Waals surface area contributed by atoms with Crippen LogP contribution in [-0.2, 0) is 6.61 Å². The van der Waals surface area contributed by atoms with Crippen molar-refractivity contribution in [1.82, 2.24) is 10.2 Å². The molecule has 1 aromatic heterocycles. The lowest BCUT2D eigenvalue weighted by molar-refractivity contribution is 0.0690. The Labute approximate surface area is 108 Å². The molecule has 0 aliphatic heterocycles. The summed E-state index contributed by atoms with van der Waals surface area (Å²) in [5.41, 5.74) is 1.57. The number of rotatable bonds is 4. The highest BCUT2D eigenvalue weighted by atomic mass is 35.5. The summed E-state index contributed by atoms with van der Waals surface area (Å²) < 4.78 is 5.50. The second-order valence-electron chi connectivity index (χ2n) is 3.81. The molecule has 2 aromatic rings. The van der Waals surface area contributed by atoms with Crippen LogP contribution in [0.4, 0.5) is 0 Å². The first-order valence-corrected chi connectivity index (χ1v) is 5.60. The van der Waals surface area contributed by atoms with E-state index in [1.54, 1.807) is 6.07 Å². The fraction of sp³-hybridized carbons (Fsp3) is 0.167. The molecule has 2 N–H and O–H groups in total. The number of nitrogens with one attached hydrogen (secondary N) is 1. The number of H-pyrrole nitrogens is 1. The predicted octanol–water partition coefficient (Wildman–Crippen LogP) is 2.65. The van der Waals surface area contributed by atoms with Gasteiger partial charge in [-0.15, -0.1) is 0 Å². The van der Waals surface area contributed by atoms with Crippen LogP contribution in [0.3, 0.4) is 0 Å². The standard InChI is InChI=1S/C12H11ClN2O3/c1-7-2-3-9(13)11(4-7)18-6-8-5-10(12(16)17)15-14-8/h2-5H,6H2,1H3,(H,14,15)(H,16,17). The topological polar surface area (TPSA) is 75.2 Å². The number of carboxylic acids is 1. The summed E-state index contributed by atoms with van der Waals surface area (Å²) in [7, 11) is 0. The molecule has 0 aliphatic rings. The molecule has 0 fully saturated rings. The molecule has 0 aliphatic carbocycles. The van der Waals surface area contributed by atoms with Gasteiger partial charge < -0.3 is 9.84 Å². The number of ether oxygens (including phenoxy) is 1. The monoisotopic (exact) mass is 266 g/mol. The molecule has 0 saturated carbocycles. The SMILES string of the molecule is Cc1ccc(Cl)c(OCc2cc(C(=O)O)n[nH]2)c1. The molecule has 0 spiro atoms. The third kappa shape index (κ3) is 2.81. The Hall–Kier alpha value is -2.01. The Balaban J connectivity index is 2.06. The lowest BCUT2D eigenvalue weighted by Gasteiger charge is -2.07. The van der Waals surface area contributed by atoms with Gasteiger partial charge in [-0.25, -0.2) is 4.79 Å². The summed E-state index contributed by atoms with van der Waals surface area (Å²) in [6.07, 6.45) is 0. The van der Waals surface area contributed by atoms with Gasteiger partial charge in [-0.05, 0) is 30.7 Å². The van der Waals surface area contributed by atoms with E-state index >= 15 is 0 Å². The van der Waals surface area contributed by atoms with E-state index in [2.05, 4.69) is 10.2 Å². The largest absolute Gasteiger partial charge is 0.486 e. The van der Waals surface area contributed by atoms with Gasteiger partial charge in [-0.2, -0.15) is 5.10 Å². The highest BCUT2D eigenvalue weighted by molar-refractivity contribution is 6.32. The van der Waals surface area contributed by atoms with Crippen molar-refractivity contribution in [3.05, 3.63) is 46.2 Å². The number of hydrogen-bond acceptors (Lipinski definition) is 3. The maximum atomic E-state index is 10.6. The maximum absolute atomic E-state index is 10.6. The zero-order chi connectivity index (χ0) is 13.1. The van der Waals surface area contributed by atoms with Crippen LogP contribution in [0, 0.1) is 6.92 Å². The molecular weight excluding hydrogens is 256 g/mol. The molecule has 1 aromatic carbocycles. The molecule has 0 bridgehead atoms. The molecule has 94 valence electrons. The highest BCUT2D eigenvalue weighted by Crippen LogP contribution is 2.25. The number of hydrogen-bond donors (Lipinski definition) is 2. The average molecular weight is 267 g/mol. The first-order valence-electron chi connectivity index (χ1n) is 5.23. The van der Waals surface area contributed by atoms with Crippen LogP contribution < -0.4 is 4.74 Å². The van der Waals surface area contributed by atoms with Crippen molar-refractivity contribution in [3.8, 4) is 5.75 Å². The van der Waals surface area contributed by atoms with Crippen LogP contribution in [0.25, 0.3) is 0 Å². The zero-order valence-corrected chi connectivity index (χ0v) is 10.4. The Kier molecular flexibility index (Phi) is 3.53. The molecule has 0 unspecified atom stereocenters. The van der Waals surface area contributed by atoms with Gasteiger partial charge in [-0.1, -0.05) is 17.7 Å². The number of carboxylic acid groups (broad SMARTS) is 1. The van der Waals surface area contributed by atoms with Gasteiger partial charge in [0.15, 0.2) is 5.69 Å². The van der Waals surface area contributed by atoms with E-state index in [9.17, 15) is 4.79 Å². The molecule has 5 nitrogen and oxygen atoms in total. The Morgan fingerprint density at radius 3 is 2.94 bits per heavy atom.